The lowest BCUT2D eigenvalue weighted by Crippen LogP contribution is -2.18. The molecule has 0 saturated heterocycles. The second kappa shape index (κ2) is 5.92. The number of ketones is 1. The van der Waals surface area contributed by atoms with Crippen molar-refractivity contribution in [3.05, 3.63) is 71.8 Å². The fourth-order valence-electron chi connectivity index (χ4n) is 3.48. The van der Waals surface area contributed by atoms with Gasteiger partial charge >= 0.3 is 0 Å². The summed E-state index contributed by atoms with van der Waals surface area (Å²) in [6.45, 7) is 4.43. The molecule has 2 aromatic carbocycles. The molecule has 1 atom stereocenters. The number of hydrogen-bond donors (Lipinski definition) is 0. The number of carbonyl (C=O) groups is 1. The van der Waals surface area contributed by atoms with E-state index >= 15 is 0 Å². The average molecular weight is 290 g/mol. The molecule has 0 radical (unpaired) electrons. The molecule has 3 rings (SSSR count). The Labute approximate surface area is 132 Å². The van der Waals surface area contributed by atoms with Crippen molar-refractivity contribution in [2.75, 3.05) is 0 Å². The van der Waals surface area contributed by atoms with Crippen molar-refractivity contribution in [2.24, 2.45) is 11.3 Å². The highest BCUT2D eigenvalue weighted by atomic mass is 16.1. The monoisotopic (exact) mass is 290 g/mol. The highest BCUT2D eigenvalue weighted by Gasteiger charge is 2.41. The predicted molar refractivity (Wildman–Crippen MR) is 92.3 cm³/mol. The third-order valence-corrected chi connectivity index (χ3v) is 4.63. The van der Waals surface area contributed by atoms with E-state index in [9.17, 15) is 4.79 Å². The molecule has 1 nitrogen and oxygen atoms in total. The van der Waals surface area contributed by atoms with Crippen LogP contribution >= 0.6 is 0 Å². The molecule has 1 fully saturated rings. The number of rotatable bonds is 3. The van der Waals surface area contributed by atoms with Crippen molar-refractivity contribution < 1.29 is 4.79 Å². The van der Waals surface area contributed by atoms with E-state index in [1.54, 1.807) is 0 Å². The van der Waals surface area contributed by atoms with Crippen LogP contribution in [0.25, 0.3) is 11.6 Å². The third-order valence-electron chi connectivity index (χ3n) is 4.63. The summed E-state index contributed by atoms with van der Waals surface area (Å²) < 4.78 is 0. The smallest absolute Gasteiger partial charge is 0.134 e. The Morgan fingerprint density at radius 3 is 2.14 bits per heavy atom. The Morgan fingerprint density at radius 2 is 1.59 bits per heavy atom. The standard InChI is InChI=1S/C21H22O/c1-21(2)15-18(22)14-20(21)19(17-11-7-4-8-12-17)13-16-9-5-3-6-10-16/h3-13,20H,14-15H2,1-2H3/b19-13+. The van der Waals surface area contributed by atoms with E-state index in [0.29, 0.717) is 18.6 Å². The first-order chi connectivity index (χ1) is 10.6. The van der Waals surface area contributed by atoms with Crippen molar-refractivity contribution in [3.63, 3.8) is 0 Å². The van der Waals surface area contributed by atoms with Gasteiger partial charge in [-0.15, -0.1) is 0 Å². The molecule has 1 aliphatic carbocycles. The zero-order valence-electron chi connectivity index (χ0n) is 13.3. The van der Waals surface area contributed by atoms with E-state index in [1.807, 2.05) is 12.1 Å². The highest BCUT2D eigenvalue weighted by molar-refractivity contribution is 5.90. The van der Waals surface area contributed by atoms with Gasteiger partial charge in [0.15, 0.2) is 0 Å². The van der Waals surface area contributed by atoms with E-state index in [0.717, 1.165) is 0 Å². The number of Topliss-reactive ketones (excluding diaryl/α,β-unsaturated/α-hetero) is 1. The molecule has 0 amide bonds. The SMILES string of the molecule is CC1(C)CC(=O)CC1/C(=C/c1ccccc1)c1ccccc1. The van der Waals surface area contributed by atoms with E-state index in [4.69, 9.17) is 0 Å². The van der Waals surface area contributed by atoms with Crippen molar-refractivity contribution in [1.82, 2.24) is 0 Å². The van der Waals surface area contributed by atoms with E-state index in [-0.39, 0.29) is 11.3 Å². The van der Waals surface area contributed by atoms with Crippen LogP contribution in [0.4, 0.5) is 0 Å². The van der Waals surface area contributed by atoms with E-state index in [2.05, 4.69) is 68.5 Å². The first-order valence-electron chi connectivity index (χ1n) is 7.90. The summed E-state index contributed by atoms with van der Waals surface area (Å²) in [6, 6.07) is 20.8. The molecule has 2 aromatic rings. The molecule has 1 saturated carbocycles. The van der Waals surface area contributed by atoms with Gasteiger partial charge in [-0.2, -0.15) is 0 Å². The van der Waals surface area contributed by atoms with Crippen LogP contribution in [0, 0.1) is 11.3 Å². The number of allylic oxidation sites excluding steroid dienone is 1. The summed E-state index contributed by atoms with van der Waals surface area (Å²) in [4.78, 5) is 12.0. The minimum absolute atomic E-state index is 0.0214. The summed E-state index contributed by atoms with van der Waals surface area (Å²) in [5.41, 5.74) is 3.71. The summed E-state index contributed by atoms with van der Waals surface area (Å²) >= 11 is 0. The largest absolute Gasteiger partial charge is 0.300 e. The number of benzene rings is 2. The van der Waals surface area contributed by atoms with Crippen molar-refractivity contribution in [3.8, 4) is 0 Å². The molecular formula is C21H22O. The molecule has 112 valence electrons. The normalized spacial score (nSPS) is 21.1. The molecular weight excluding hydrogens is 268 g/mol. The molecule has 0 bridgehead atoms. The maximum absolute atomic E-state index is 12.0. The molecule has 0 aliphatic heterocycles. The van der Waals surface area contributed by atoms with Gasteiger partial charge in [-0.3, -0.25) is 4.79 Å². The van der Waals surface area contributed by atoms with Crippen molar-refractivity contribution in [2.45, 2.75) is 26.7 Å². The summed E-state index contributed by atoms with van der Waals surface area (Å²) in [5.74, 6) is 0.660. The second-order valence-corrected chi connectivity index (χ2v) is 6.84. The van der Waals surface area contributed by atoms with Gasteiger partial charge < -0.3 is 0 Å². The Hall–Kier alpha value is -2.15. The van der Waals surface area contributed by atoms with Crippen LogP contribution in [-0.2, 0) is 4.79 Å². The Morgan fingerprint density at radius 1 is 1.00 bits per heavy atom. The first kappa shape index (κ1) is 14.8. The van der Waals surface area contributed by atoms with Crippen LogP contribution in [0.3, 0.4) is 0 Å². The topological polar surface area (TPSA) is 17.1 Å². The van der Waals surface area contributed by atoms with Crippen LogP contribution in [0.5, 0.6) is 0 Å². The lowest BCUT2D eigenvalue weighted by Gasteiger charge is -2.29. The Balaban J connectivity index is 2.08. The zero-order valence-corrected chi connectivity index (χ0v) is 13.3. The quantitative estimate of drug-likeness (QED) is 0.707. The van der Waals surface area contributed by atoms with Crippen molar-refractivity contribution in [1.29, 1.82) is 0 Å². The molecule has 0 spiro atoms. The fraction of sp³-hybridized carbons (Fsp3) is 0.286. The van der Waals surface area contributed by atoms with Crippen LogP contribution in [-0.4, -0.2) is 5.78 Å². The number of hydrogen-bond acceptors (Lipinski definition) is 1. The Kier molecular flexibility index (Phi) is 3.98. The fourth-order valence-corrected chi connectivity index (χ4v) is 3.48. The maximum atomic E-state index is 12.0. The molecule has 0 N–H and O–H groups in total. The summed E-state index contributed by atoms with van der Waals surface area (Å²) in [6.07, 6.45) is 3.58. The van der Waals surface area contributed by atoms with Crippen LogP contribution < -0.4 is 0 Å². The number of carbonyl (C=O) groups excluding carboxylic acids is 1. The predicted octanol–water partition coefficient (Wildman–Crippen LogP) is 5.23. The maximum Gasteiger partial charge on any atom is 0.134 e. The molecule has 22 heavy (non-hydrogen) atoms. The minimum atomic E-state index is 0.0214. The van der Waals surface area contributed by atoms with Gasteiger partial charge in [-0.1, -0.05) is 80.6 Å². The average Bonchev–Trinajstić information content (AvgIpc) is 2.79. The Bertz CT molecular complexity index is 680. The molecule has 0 aromatic heterocycles. The lowest BCUT2D eigenvalue weighted by molar-refractivity contribution is -0.117. The van der Waals surface area contributed by atoms with Crippen molar-refractivity contribution >= 4 is 17.4 Å². The van der Waals surface area contributed by atoms with Gasteiger partial charge in [0.25, 0.3) is 0 Å². The summed E-state index contributed by atoms with van der Waals surface area (Å²) in [7, 11) is 0. The van der Waals surface area contributed by atoms with E-state index in [1.165, 1.54) is 16.7 Å². The lowest BCUT2D eigenvalue weighted by atomic mass is 9.75. The highest BCUT2D eigenvalue weighted by Crippen LogP contribution is 2.48. The first-order valence-corrected chi connectivity index (χ1v) is 7.90. The zero-order chi connectivity index (χ0) is 15.6. The van der Waals surface area contributed by atoms with Gasteiger partial charge in [0.1, 0.15) is 5.78 Å². The van der Waals surface area contributed by atoms with Gasteiger partial charge in [-0.05, 0) is 28.0 Å². The van der Waals surface area contributed by atoms with Crippen LogP contribution in [0.1, 0.15) is 37.8 Å². The second-order valence-electron chi connectivity index (χ2n) is 6.84. The molecule has 1 unspecified atom stereocenters. The van der Waals surface area contributed by atoms with Gasteiger partial charge in [-0.25, -0.2) is 0 Å². The van der Waals surface area contributed by atoms with Crippen LogP contribution in [0.15, 0.2) is 60.7 Å². The minimum Gasteiger partial charge on any atom is -0.300 e. The summed E-state index contributed by atoms with van der Waals surface area (Å²) in [5, 5.41) is 0. The van der Waals surface area contributed by atoms with E-state index < -0.39 is 0 Å². The van der Waals surface area contributed by atoms with Gasteiger partial charge in [0, 0.05) is 12.8 Å². The molecule has 1 aliphatic rings. The van der Waals surface area contributed by atoms with Gasteiger partial charge in [0.05, 0.1) is 0 Å². The molecule has 0 heterocycles. The molecule has 1 heteroatoms. The van der Waals surface area contributed by atoms with Crippen LogP contribution in [0.2, 0.25) is 0 Å². The third kappa shape index (κ3) is 3.04. The van der Waals surface area contributed by atoms with Gasteiger partial charge in [0.2, 0.25) is 0 Å².